The predicted octanol–water partition coefficient (Wildman–Crippen LogP) is 5.82. The summed E-state index contributed by atoms with van der Waals surface area (Å²) in [6.45, 7) is 0. The number of rotatable bonds is 4. The van der Waals surface area contributed by atoms with Gasteiger partial charge in [0.05, 0.1) is 0 Å². The molecule has 0 radical (unpaired) electrons. The van der Waals surface area contributed by atoms with Crippen molar-refractivity contribution in [1.29, 1.82) is 0 Å². The third-order valence-electron chi connectivity index (χ3n) is 3.21. The third-order valence-corrected chi connectivity index (χ3v) is 9.72. The molecule has 1 heterocycles. The molecule has 0 aromatic heterocycles. The fraction of sp³-hybridized carbons (Fsp3) is 0. The molecule has 0 amide bonds. The molecule has 0 aliphatic carbocycles. The molecule has 0 fully saturated rings. The van der Waals surface area contributed by atoms with Crippen LogP contribution < -0.4 is 0 Å². The van der Waals surface area contributed by atoms with Gasteiger partial charge in [0.1, 0.15) is 0 Å². The summed E-state index contributed by atoms with van der Waals surface area (Å²) in [6, 6.07) is 15.8. The third kappa shape index (κ3) is 5.53. The fourth-order valence-corrected chi connectivity index (χ4v) is 7.65. The van der Waals surface area contributed by atoms with Crippen LogP contribution >= 0.6 is 23.2 Å². The van der Waals surface area contributed by atoms with E-state index in [0.717, 1.165) is 10.0 Å². The van der Waals surface area contributed by atoms with Gasteiger partial charge in [-0.3, -0.25) is 0 Å². The van der Waals surface area contributed by atoms with Gasteiger partial charge in [-0.05, 0) is 0 Å². The monoisotopic (exact) mass is 484 g/mol. The molecule has 1 aliphatic heterocycles. The van der Waals surface area contributed by atoms with E-state index in [2.05, 4.69) is 35.4 Å². The Morgan fingerprint density at radius 1 is 0.708 bits per heavy atom. The average molecular weight is 483 g/mol. The minimum atomic E-state index is 0.438. The first-order valence-electron chi connectivity index (χ1n) is 7.31. The second kappa shape index (κ2) is 8.92. The summed E-state index contributed by atoms with van der Waals surface area (Å²) in [5.74, 6) is 0. The summed E-state index contributed by atoms with van der Waals surface area (Å²) in [5, 5.41) is 1.55. The topological polar surface area (TPSA) is 0 Å². The van der Waals surface area contributed by atoms with E-state index in [4.69, 9.17) is 23.2 Å². The van der Waals surface area contributed by atoms with E-state index in [9.17, 15) is 0 Å². The van der Waals surface area contributed by atoms with Crippen LogP contribution in [0.2, 0.25) is 10.0 Å². The summed E-state index contributed by atoms with van der Waals surface area (Å²) in [6.07, 6.45) is 10.9. The summed E-state index contributed by atoms with van der Waals surface area (Å²) >= 11 is 12.7. The van der Waals surface area contributed by atoms with E-state index in [1.54, 1.807) is 3.37 Å². The molecule has 4 heteroatoms. The van der Waals surface area contributed by atoms with Crippen LogP contribution in [-0.4, -0.2) is 29.9 Å². The molecule has 24 heavy (non-hydrogen) atoms. The maximum atomic E-state index is 5.91. The van der Waals surface area contributed by atoms with Crippen molar-refractivity contribution in [2.75, 3.05) is 0 Å². The number of allylic oxidation sites excluding steroid dienone is 4. The standard InChI is InChI=1S/C20H14Cl2Se2/c21-17-9-4-15(5-10-17)2-1-3-20-23-14-19(24-20)13-8-16-6-11-18(22)12-7-16/h1-14H/b2-1+,13-8+,20-3+. The van der Waals surface area contributed by atoms with E-state index in [0.29, 0.717) is 29.9 Å². The van der Waals surface area contributed by atoms with Gasteiger partial charge in [-0.25, -0.2) is 0 Å². The Morgan fingerprint density at radius 2 is 1.29 bits per heavy atom. The minimum absolute atomic E-state index is 0.438. The van der Waals surface area contributed by atoms with Crippen LogP contribution in [0.3, 0.4) is 0 Å². The van der Waals surface area contributed by atoms with Gasteiger partial charge in [-0.1, -0.05) is 0 Å². The summed E-state index contributed by atoms with van der Waals surface area (Å²) in [7, 11) is 0. The van der Waals surface area contributed by atoms with E-state index in [-0.39, 0.29) is 0 Å². The Kier molecular flexibility index (Phi) is 6.63. The second-order valence-electron chi connectivity index (χ2n) is 5.02. The van der Waals surface area contributed by atoms with Crippen molar-refractivity contribution in [3.8, 4) is 0 Å². The van der Waals surface area contributed by atoms with Gasteiger partial charge in [0, 0.05) is 0 Å². The van der Waals surface area contributed by atoms with Crippen LogP contribution in [0.5, 0.6) is 0 Å². The van der Waals surface area contributed by atoms with Crippen molar-refractivity contribution in [2.45, 2.75) is 0 Å². The molecular formula is C20H14Cl2Se2. The molecule has 0 N–H and O–H groups in total. The van der Waals surface area contributed by atoms with Gasteiger partial charge in [-0.2, -0.15) is 0 Å². The van der Waals surface area contributed by atoms with Gasteiger partial charge >= 0.3 is 166 Å². The Bertz CT molecular complexity index is 814. The van der Waals surface area contributed by atoms with Crippen LogP contribution in [0.4, 0.5) is 0 Å². The molecule has 2 aromatic rings. The molecule has 2 aromatic carbocycles. The zero-order valence-electron chi connectivity index (χ0n) is 12.7. The van der Waals surface area contributed by atoms with Crippen molar-refractivity contribution in [2.24, 2.45) is 0 Å². The fourth-order valence-electron chi connectivity index (χ4n) is 1.99. The van der Waals surface area contributed by atoms with Crippen molar-refractivity contribution in [3.63, 3.8) is 0 Å². The van der Waals surface area contributed by atoms with Gasteiger partial charge in [0.15, 0.2) is 0 Å². The molecule has 0 unspecified atom stereocenters. The van der Waals surface area contributed by atoms with E-state index in [1.165, 1.54) is 15.6 Å². The molecule has 0 bridgehead atoms. The summed E-state index contributed by atoms with van der Waals surface area (Å²) in [5.41, 5.74) is 2.36. The first-order valence-corrected chi connectivity index (χ1v) is 11.6. The number of hydrogen-bond acceptors (Lipinski definition) is 0. The Morgan fingerprint density at radius 3 is 1.92 bits per heavy atom. The van der Waals surface area contributed by atoms with Crippen molar-refractivity contribution < 1.29 is 0 Å². The Hall–Kier alpha value is -0.981. The average Bonchev–Trinajstić information content (AvgIpc) is 3.04. The van der Waals surface area contributed by atoms with Gasteiger partial charge in [0.25, 0.3) is 0 Å². The van der Waals surface area contributed by atoms with Gasteiger partial charge in [0.2, 0.25) is 0 Å². The zero-order valence-corrected chi connectivity index (χ0v) is 17.6. The molecule has 0 saturated carbocycles. The Labute approximate surface area is 165 Å². The summed E-state index contributed by atoms with van der Waals surface area (Å²) < 4.78 is 3.00. The van der Waals surface area contributed by atoms with Crippen molar-refractivity contribution in [3.05, 3.63) is 101 Å². The molecule has 1 aliphatic rings. The van der Waals surface area contributed by atoms with Crippen LogP contribution in [0.15, 0.2) is 79.6 Å². The van der Waals surface area contributed by atoms with E-state index >= 15 is 0 Å². The van der Waals surface area contributed by atoms with Crippen LogP contribution in [0.1, 0.15) is 11.1 Å². The van der Waals surface area contributed by atoms with Crippen LogP contribution in [0.25, 0.3) is 12.2 Å². The molecule has 0 atom stereocenters. The number of benzene rings is 2. The SMILES string of the molecule is Clc1ccc(/C=C/C=C2\[Se]C=C(/C=C/c3ccc(Cl)cc3)[Se]2)cc1. The molecule has 0 nitrogen and oxygen atoms in total. The quantitative estimate of drug-likeness (QED) is 0.481. The van der Waals surface area contributed by atoms with Crippen LogP contribution in [-0.2, 0) is 0 Å². The molecule has 120 valence electrons. The first-order chi connectivity index (χ1) is 11.7. The second-order valence-corrected chi connectivity index (χ2v) is 11.5. The van der Waals surface area contributed by atoms with Gasteiger partial charge in [-0.15, -0.1) is 0 Å². The zero-order chi connectivity index (χ0) is 16.8. The molecule has 3 rings (SSSR count). The predicted molar refractivity (Wildman–Crippen MR) is 109 cm³/mol. The number of halogens is 2. The van der Waals surface area contributed by atoms with E-state index in [1.807, 2.05) is 48.5 Å². The molecule has 0 spiro atoms. The molecule has 0 saturated heterocycles. The van der Waals surface area contributed by atoms with Gasteiger partial charge < -0.3 is 0 Å². The normalized spacial score (nSPS) is 16.4. The first kappa shape index (κ1) is 17.8. The van der Waals surface area contributed by atoms with Crippen molar-refractivity contribution >= 4 is 65.3 Å². The van der Waals surface area contributed by atoms with E-state index < -0.39 is 0 Å². The summed E-state index contributed by atoms with van der Waals surface area (Å²) in [4.78, 5) is 2.38. The Balaban J connectivity index is 1.56. The molecular weight excluding hydrogens is 469 g/mol. The van der Waals surface area contributed by atoms with Crippen LogP contribution in [0, 0.1) is 0 Å². The maximum absolute atomic E-state index is 5.91. The van der Waals surface area contributed by atoms with Crippen molar-refractivity contribution in [1.82, 2.24) is 0 Å². The number of hydrogen-bond donors (Lipinski definition) is 0.